The average Bonchev–Trinajstić information content (AvgIpc) is 3.28. The largest absolute Gasteiger partial charge is 0.461 e. The van der Waals surface area contributed by atoms with Gasteiger partial charge in [0.2, 0.25) is 0 Å². The summed E-state index contributed by atoms with van der Waals surface area (Å²) in [5.41, 5.74) is -1.93. The fourth-order valence-electron chi connectivity index (χ4n) is 1.52. The Morgan fingerprint density at radius 3 is 1.44 bits per heavy atom. The lowest BCUT2D eigenvalue weighted by Crippen LogP contribution is -2.23. The molecular weight excluding hydrogens is 236 g/mol. The first-order valence-electron chi connectivity index (χ1n) is 5.76. The lowest BCUT2D eigenvalue weighted by Gasteiger charge is -2.09. The number of nitriles is 2. The van der Waals surface area contributed by atoms with E-state index in [0.717, 1.165) is 0 Å². The second-order valence-corrected chi connectivity index (χ2v) is 4.66. The molecule has 0 aromatic heterocycles. The van der Waals surface area contributed by atoms with Crippen LogP contribution in [-0.4, -0.2) is 25.2 Å². The highest BCUT2D eigenvalue weighted by Gasteiger charge is 2.53. The summed E-state index contributed by atoms with van der Waals surface area (Å²) in [6.45, 7) is -0.148. The Bertz CT molecular complexity index is 419. The number of nitrogens with zero attached hydrogens (tertiary/aromatic N) is 2. The highest BCUT2D eigenvalue weighted by molar-refractivity contribution is 5.84. The van der Waals surface area contributed by atoms with Crippen molar-refractivity contribution in [1.29, 1.82) is 10.5 Å². The fraction of sp³-hybridized carbons (Fsp3) is 0.667. The summed E-state index contributed by atoms with van der Waals surface area (Å²) >= 11 is 0. The van der Waals surface area contributed by atoms with Crippen LogP contribution in [0.4, 0.5) is 0 Å². The molecule has 0 N–H and O–H groups in total. The lowest BCUT2D eigenvalue weighted by atomic mass is 10.1. The summed E-state index contributed by atoms with van der Waals surface area (Å²) in [4.78, 5) is 22.9. The van der Waals surface area contributed by atoms with E-state index < -0.39 is 22.8 Å². The van der Waals surface area contributed by atoms with E-state index in [1.807, 2.05) is 12.1 Å². The Morgan fingerprint density at radius 2 is 1.22 bits per heavy atom. The van der Waals surface area contributed by atoms with Crippen molar-refractivity contribution in [1.82, 2.24) is 0 Å². The molecule has 0 unspecified atom stereocenters. The van der Waals surface area contributed by atoms with Gasteiger partial charge < -0.3 is 9.47 Å². The second-order valence-electron chi connectivity index (χ2n) is 4.66. The molecule has 0 saturated heterocycles. The van der Waals surface area contributed by atoms with Gasteiger partial charge in [0, 0.05) is 0 Å². The van der Waals surface area contributed by atoms with Crippen LogP contribution in [0.25, 0.3) is 0 Å². The van der Waals surface area contributed by atoms with E-state index in [-0.39, 0.29) is 13.2 Å². The molecule has 0 atom stereocenters. The van der Waals surface area contributed by atoms with E-state index in [0.29, 0.717) is 25.7 Å². The van der Waals surface area contributed by atoms with Crippen molar-refractivity contribution in [3.05, 3.63) is 0 Å². The van der Waals surface area contributed by atoms with Crippen LogP contribution in [0.3, 0.4) is 0 Å². The van der Waals surface area contributed by atoms with Gasteiger partial charge in [-0.05, 0) is 25.7 Å². The Morgan fingerprint density at radius 1 is 0.889 bits per heavy atom. The first-order valence-corrected chi connectivity index (χ1v) is 5.76. The van der Waals surface area contributed by atoms with Crippen LogP contribution in [0.1, 0.15) is 25.7 Å². The Hall–Kier alpha value is -2.08. The minimum Gasteiger partial charge on any atom is -0.461 e. The van der Waals surface area contributed by atoms with Crippen LogP contribution < -0.4 is 0 Å². The standard InChI is InChI=1S/C12H12N2O4/c13-7-11(1-2-11)9(15)17-5-6-18-10(16)12(8-14)3-4-12/h1-6H2. The number of rotatable bonds is 5. The van der Waals surface area contributed by atoms with Crippen molar-refractivity contribution in [3.63, 3.8) is 0 Å². The molecule has 0 aromatic rings. The molecule has 0 aromatic carbocycles. The summed E-state index contributed by atoms with van der Waals surface area (Å²) in [7, 11) is 0. The summed E-state index contributed by atoms with van der Waals surface area (Å²) in [5.74, 6) is -1.11. The molecule has 2 aliphatic carbocycles. The molecule has 0 aliphatic heterocycles. The number of ether oxygens (including phenoxy) is 2. The molecular formula is C12H12N2O4. The third kappa shape index (κ3) is 2.14. The second kappa shape index (κ2) is 4.30. The van der Waals surface area contributed by atoms with Gasteiger partial charge in [-0.15, -0.1) is 0 Å². The maximum absolute atomic E-state index is 11.4. The molecule has 94 valence electrons. The van der Waals surface area contributed by atoms with Gasteiger partial charge in [0.25, 0.3) is 0 Å². The maximum atomic E-state index is 11.4. The highest BCUT2D eigenvalue weighted by atomic mass is 16.6. The molecule has 0 amide bonds. The van der Waals surface area contributed by atoms with E-state index in [1.165, 1.54) is 0 Å². The summed E-state index contributed by atoms with van der Waals surface area (Å²) in [5, 5.41) is 17.5. The quantitative estimate of drug-likeness (QED) is 0.524. The van der Waals surface area contributed by atoms with Crippen LogP contribution in [0.5, 0.6) is 0 Å². The van der Waals surface area contributed by atoms with Gasteiger partial charge in [-0.2, -0.15) is 10.5 Å². The lowest BCUT2D eigenvalue weighted by molar-refractivity contribution is -0.156. The minimum atomic E-state index is -0.964. The normalized spacial score (nSPS) is 21.0. The van der Waals surface area contributed by atoms with E-state index in [1.54, 1.807) is 0 Å². The van der Waals surface area contributed by atoms with Gasteiger partial charge in [-0.3, -0.25) is 9.59 Å². The molecule has 0 spiro atoms. The van der Waals surface area contributed by atoms with E-state index in [9.17, 15) is 9.59 Å². The first kappa shape index (κ1) is 12.4. The third-order valence-electron chi connectivity index (χ3n) is 3.26. The third-order valence-corrected chi connectivity index (χ3v) is 3.26. The first-order chi connectivity index (χ1) is 8.58. The van der Waals surface area contributed by atoms with Crippen molar-refractivity contribution < 1.29 is 19.1 Å². The fourth-order valence-corrected chi connectivity index (χ4v) is 1.52. The molecule has 0 bridgehead atoms. The van der Waals surface area contributed by atoms with Crippen LogP contribution >= 0.6 is 0 Å². The molecule has 2 aliphatic rings. The van der Waals surface area contributed by atoms with Crippen molar-refractivity contribution in [2.24, 2.45) is 10.8 Å². The molecule has 6 nitrogen and oxygen atoms in total. The topological polar surface area (TPSA) is 100 Å². The molecule has 2 saturated carbocycles. The molecule has 2 rings (SSSR count). The summed E-state index contributed by atoms with van der Waals surface area (Å²) < 4.78 is 9.71. The van der Waals surface area contributed by atoms with Crippen LogP contribution in [0.2, 0.25) is 0 Å². The van der Waals surface area contributed by atoms with Crippen molar-refractivity contribution in [2.45, 2.75) is 25.7 Å². The molecule has 0 heterocycles. The van der Waals surface area contributed by atoms with Crippen LogP contribution in [0.15, 0.2) is 0 Å². The number of hydrogen-bond donors (Lipinski definition) is 0. The van der Waals surface area contributed by atoms with E-state index >= 15 is 0 Å². The zero-order valence-corrected chi connectivity index (χ0v) is 9.77. The zero-order valence-electron chi connectivity index (χ0n) is 9.77. The van der Waals surface area contributed by atoms with Gasteiger partial charge in [-0.1, -0.05) is 0 Å². The maximum Gasteiger partial charge on any atom is 0.326 e. The Kier molecular flexibility index (Phi) is 2.96. The van der Waals surface area contributed by atoms with E-state index in [2.05, 4.69) is 0 Å². The number of esters is 2. The van der Waals surface area contributed by atoms with Crippen molar-refractivity contribution in [2.75, 3.05) is 13.2 Å². The van der Waals surface area contributed by atoms with Gasteiger partial charge in [0.1, 0.15) is 13.2 Å². The van der Waals surface area contributed by atoms with Crippen molar-refractivity contribution >= 4 is 11.9 Å². The van der Waals surface area contributed by atoms with Crippen LogP contribution in [0, 0.1) is 33.5 Å². The number of carbonyl (C=O) groups excluding carboxylic acids is 2. The highest BCUT2D eigenvalue weighted by Crippen LogP contribution is 2.46. The average molecular weight is 248 g/mol. The smallest absolute Gasteiger partial charge is 0.326 e. The summed E-state index contributed by atoms with van der Waals surface area (Å²) in [6, 6.07) is 3.84. The summed E-state index contributed by atoms with van der Waals surface area (Å²) in [6.07, 6.45) is 2.11. The van der Waals surface area contributed by atoms with Gasteiger partial charge in [-0.25, -0.2) is 0 Å². The zero-order chi connectivity index (χ0) is 13.2. The van der Waals surface area contributed by atoms with Crippen LogP contribution in [-0.2, 0) is 19.1 Å². The monoisotopic (exact) mass is 248 g/mol. The van der Waals surface area contributed by atoms with Crippen molar-refractivity contribution in [3.8, 4) is 12.1 Å². The Balaban J connectivity index is 1.66. The van der Waals surface area contributed by atoms with Gasteiger partial charge >= 0.3 is 11.9 Å². The molecule has 0 radical (unpaired) electrons. The van der Waals surface area contributed by atoms with E-state index in [4.69, 9.17) is 20.0 Å². The minimum absolute atomic E-state index is 0.0739. The SMILES string of the molecule is N#CC1(C(=O)OCCOC(=O)C2(C#N)CC2)CC1. The predicted molar refractivity (Wildman–Crippen MR) is 56.5 cm³/mol. The molecule has 2 fully saturated rings. The number of carbonyl (C=O) groups is 2. The molecule has 18 heavy (non-hydrogen) atoms. The Labute approximate surface area is 104 Å². The van der Waals surface area contributed by atoms with Gasteiger partial charge in [0.05, 0.1) is 12.1 Å². The number of hydrogen-bond acceptors (Lipinski definition) is 6. The van der Waals surface area contributed by atoms with Gasteiger partial charge in [0.15, 0.2) is 10.8 Å². The predicted octanol–water partition coefficient (Wildman–Crippen LogP) is 0.680. The molecule has 6 heteroatoms.